The van der Waals surface area contributed by atoms with Gasteiger partial charge in [0.25, 0.3) is 0 Å². The minimum atomic E-state index is -1.47. The summed E-state index contributed by atoms with van der Waals surface area (Å²) in [6.45, 7) is 0.233. The predicted molar refractivity (Wildman–Crippen MR) is 123 cm³/mol. The molecule has 1 amide bonds. The van der Waals surface area contributed by atoms with Crippen LogP contribution in [0, 0.1) is 17.5 Å². The Labute approximate surface area is 195 Å². The van der Waals surface area contributed by atoms with Gasteiger partial charge in [0, 0.05) is 17.5 Å². The Morgan fingerprint density at radius 1 is 0.853 bits per heavy atom. The molecule has 2 atom stereocenters. The van der Waals surface area contributed by atoms with Crippen molar-refractivity contribution in [3.05, 3.63) is 101 Å². The second kappa shape index (κ2) is 8.05. The third kappa shape index (κ3) is 3.23. The van der Waals surface area contributed by atoms with Crippen LogP contribution < -0.4 is 0 Å². The van der Waals surface area contributed by atoms with Gasteiger partial charge in [0.2, 0.25) is 0 Å². The molecule has 1 saturated heterocycles. The van der Waals surface area contributed by atoms with Gasteiger partial charge >= 0.3 is 6.09 Å². The first-order valence-corrected chi connectivity index (χ1v) is 11.5. The molecule has 0 radical (unpaired) electrons. The van der Waals surface area contributed by atoms with Crippen LogP contribution in [0.2, 0.25) is 0 Å². The number of carbonyl (C=O) groups excluding carboxylic acids is 1. The largest absolute Gasteiger partial charge is 0.448 e. The smallest absolute Gasteiger partial charge is 0.410 e. The summed E-state index contributed by atoms with van der Waals surface area (Å²) >= 11 is 0. The van der Waals surface area contributed by atoms with Crippen LogP contribution >= 0.6 is 0 Å². The highest BCUT2D eigenvalue weighted by atomic mass is 19.2. The second-order valence-corrected chi connectivity index (χ2v) is 9.13. The number of nitrogens with zero attached hydrogens (tertiary/aromatic N) is 1. The third-order valence-electron chi connectivity index (χ3n) is 7.32. The Morgan fingerprint density at radius 3 is 2.21 bits per heavy atom. The van der Waals surface area contributed by atoms with E-state index < -0.39 is 23.5 Å². The summed E-state index contributed by atoms with van der Waals surface area (Å²) in [5.41, 5.74) is 5.29. The van der Waals surface area contributed by atoms with Gasteiger partial charge in [0.1, 0.15) is 6.61 Å². The fourth-order valence-corrected chi connectivity index (χ4v) is 5.76. The number of halogens is 3. The summed E-state index contributed by atoms with van der Waals surface area (Å²) in [4.78, 5) is 14.9. The molecule has 0 spiro atoms. The molecule has 3 aromatic carbocycles. The molecule has 3 aromatic rings. The Hall–Kier alpha value is -3.54. The molecule has 3 aliphatic rings. The first kappa shape index (κ1) is 21.0. The van der Waals surface area contributed by atoms with Gasteiger partial charge in [-0.15, -0.1) is 0 Å². The molecule has 2 heterocycles. The number of hydrogen-bond acceptors (Lipinski definition) is 2. The first-order chi connectivity index (χ1) is 16.5. The van der Waals surface area contributed by atoms with Crippen LogP contribution in [0.4, 0.5) is 18.0 Å². The highest BCUT2D eigenvalue weighted by Crippen LogP contribution is 2.45. The molecule has 2 unspecified atom stereocenters. The zero-order chi connectivity index (χ0) is 23.4. The van der Waals surface area contributed by atoms with Crippen molar-refractivity contribution in [3.8, 4) is 11.1 Å². The van der Waals surface area contributed by atoms with Crippen LogP contribution in [0.15, 0.2) is 66.7 Å². The van der Waals surface area contributed by atoms with Crippen LogP contribution in [0.3, 0.4) is 0 Å². The van der Waals surface area contributed by atoms with E-state index >= 15 is 0 Å². The lowest BCUT2D eigenvalue weighted by atomic mass is 9.94. The molecule has 2 bridgehead atoms. The van der Waals surface area contributed by atoms with Crippen molar-refractivity contribution in [3.63, 3.8) is 0 Å². The van der Waals surface area contributed by atoms with E-state index in [1.165, 1.54) is 17.2 Å². The normalized spacial score (nSPS) is 20.7. The maximum atomic E-state index is 14.4. The molecule has 1 fully saturated rings. The first-order valence-electron chi connectivity index (χ1n) is 11.5. The lowest BCUT2D eigenvalue weighted by Crippen LogP contribution is -2.43. The van der Waals surface area contributed by atoms with Crippen molar-refractivity contribution in [1.82, 2.24) is 4.90 Å². The van der Waals surface area contributed by atoms with Gasteiger partial charge in [-0.25, -0.2) is 18.0 Å². The van der Waals surface area contributed by atoms with Crippen molar-refractivity contribution in [2.45, 2.75) is 37.3 Å². The van der Waals surface area contributed by atoms with Crippen molar-refractivity contribution in [1.29, 1.82) is 0 Å². The summed E-state index contributed by atoms with van der Waals surface area (Å²) in [6, 6.07) is 18.1. The molecular weight excluding hydrogens is 439 g/mol. The highest BCUT2D eigenvalue weighted by Gasteiger charge is 2.41. The van der Waals surface area contributed by atoms with E-state index in [4.69, 9.17) is 4.74 Å². The average molecular weight is 461 g/mol. The van der Waals surface area contributed by atoms with Gasteiger partial charge in [-0.1, -0.05) is 54.6 Å². The number of rotatable bonds is 3. The lowest BCUT2D eigenvalue weighted by molar-refractivity contribution is 0.0866. The number of benzene rings is 3. The molecule has 6 heteroatoms. The summed E-state index contributed by atoms with van der Waals surface area (Å²) < 4.78 is 47.3. The summed E-state index contributed by atoms with van der Waals surface area (Å²) in [6.07, 6.45) is 3.25. The SMILES string of the molecule is O=C(OCC1c2ccccc2-c2ccccc21)N1C2C=C(c3ccc(F)c(F)c3F)CC1CC2. The Bertz CT molecular complexity index is 1290. The fourth-order valence-electron chi connectivity index (χ4n) is 5.76. The van der Waals surface area contributed by atoms with Crippen LogP contribution in [0.25, 0.3) is 16.7 Å². The van der Waals surface area contributed by atoms with Crippen LogP contribution in [-0.4, -0.2) is 29.7 Å². The van der Waals surface area contributed by atoms with Gasteiger partial charge in [-0.3, -0.25) is 4.90 Å². The minimum absolute atomic E-state index is 0.0267. The maximum absolute atomic E-state index is 14.4. The number of amides is 1. The molecule has 34 heavy (non-hydrogen) atoms. The second-order valence-electron chi connectivity index (χ2n) is 9.13. The van der Waals surface area contributed by atoms with Crippen molar-refractivity contribution < 1.29 is 22.7 Å². The van der Waals surface area contributed by atoms with E-state index in [0.717, 1.165) is 30.0 Å². The van der Waals surface area contributed by atoms with Crippen LogP contribution in [0.5, 0.6) is 0 Å². The molecule has 2 aliphatic heterocycles. The van der Waals surface area contributed by atoms with E-state index in [2.05, 4.69) is 24.3 Å². The molecule has 1 aliphatic carbocycles. The molecular formula is C28H22F3NO2. The van der Waals surface area contributed by atoms with E-state index in [1.54, 1.807) is 11.0 Å². The van der Waals surface area contributed by atoms with E-state index in [-0.39, 0.29) is 30.2 Å². The molecule has 3 nitrogen and oxygen atoms in total. The Balaban J connectivity index is 1.21. The third-order valence-corrected chi connectivity index (χ3v) is 7.32. The van der Waals surface area contributed by atoms with Crippen molar-refractivity contribution in [2.75, 3.05) is 6.61 Å². The molecule has 6 rings (SSSR count). The number of ether oxygens (including phenoxy) is 1. The van der Waals surface area contributed by atoms with Crippen molar-refractivity contribution >= 4 is 11.7 Å². The van der Waals surface area contributed by atoms with Gasteiger partial charge in [-0.05, 0) is 59.2 Å². The standard InChI is InChI=1S/C28H22F3NO2/c29-25-12-11-19(26(30)27(25)31)16-13-17-9-10-18(14-16)32(17)28(33)34-15-24-22-7-3-1-5-20(22)21-6-2-4-8-23(21)24/h1-8,11-13,17-18,24H,9-10,14-15H2. The van der Waals surface area contributed by atoms with Crippen LogP contribution in [0.1, 0.15) is 41.9 Å². The maximum Gasteiger partial charge on any atom is 0.410 e. The van der Waals surface area contributed by atoms with E-state index in [9.17, 15) is 18.0 Å². The Kier molecular flexibility index (Phi) is 4.97. The van der Waals surface area contributed by atoms with Gasteiger partial charge in [0.05, 0.1) is 6.04 Å². The fraction of sp³-hybridized carbons (Fsp3) is 0.250. The monoisotopic (exact) mass is 461 g/mol. The number of hydrogen-bond donors (Lipinski definition) is 0. The Morgan fingerprint density at radius 2 is 1.53 bits per heavy atom. The lowest BCUT2D eigenvalue weighted by Gasteiger charge is -2.33. The highest BCUT2D eigenvalue weighted by molar-refractivity contribution is 5.79. The van der Waals surface area contributed by atoms with E-state index in [0.29, 0.717) is 12.0 Å². The molecule has 0 saturated carbocycles. The van der Waals surface area contributed by atoms with Crippen molar-refractivity contribution in [2.24, 2.45) is 0 Å². The number of carbonyl (C=O) groups is 1. The van der Waals surface area contributed by atoms with Gasteiger partial charge in [0.15, 0.2) is 17.5 Å². The van der Waals surface area contributed by atoms with Gasteiger partial charge in [-0.2, -0.15) is 0 Å². The predicted octanol–water partition coefficient (Wildman–Crippen LogP) is 6.67. The zero-order valence-corrected chi connectivity index (χ0v) is 18.3. The average Bonchev–Trinajstić information content (AvgIpc) is 3.32. The van der Waals surface area contributed by atoms with Gasteiger partial charge < -0.3 is 4.74 Å². The molecule has 172 valence electrons. The summed E-state index contributed by atoms with van der Waals surface area (Å²) in [7, 11) is 0. The summed E-state index contributed by atoms with van der Waals surface area (Å²) in [5, 5.41) is 0. The molecule has 0 aromatic heterocycles. The minimum Gasteiger partial charge on any atom is -0.448 e. The van der Waals surface area contributed by atoms with E-state index in [1.807, 2.05) is 24.3 Å². The van der Waals surface area contributed by atoms with Crippen LogP contribution in [-0.2, 0) is 4.74 Å². The molecule has 0 N–H and O–H groups in total. The zero-order valence-electron chi connectivity index (χ0n) is 18.3. The number of fused-ring (bicyclic) bond motifs is 5. The quantitative estimate of drug-likeness (QED) is 0.408. The summed E-state index contributed by atoms with van der Waals surface area (Å²) in [5.74, 6) is -3.88. The topological polar surface area (TPSA) is 29.5 Å².